The van der Waals surface area contributed by atoms with Crippen molar-refractivity contribution in [2.45, 2.75) is 0 Å². The molecule has 204 valence electrons. The second kappa shape index (κ2) is 12.1. The van der Waals surface area contributed by atoms with Gasteiger partial charge in [0.2, 0.25) is 17.1 Å². The van der Waals surface area contributed by atoms with E-state index >= 15 is 0 Å². The lowest BCUT2D eigenvalue weighted by Crippen LogP contribution is -2.36. The van der Waals surface area contributed by atoms with Crippen LogP contribution in [0.2, 0.25) is 0 Å². The summed E-state index contributed by atoms with van der Waals surface area (Å²) in [5.74, 6) is 0.153. The topological polar surface area (TPSA) is 73.3 Å². The van der Waals surface area contributed by atoms with Gasteiger partial charge in [-0.05, 0) is 47.5 Å². The van der Waals surface area contributed by atoms with Crippen molar-refractivity contribution < 1.29 is 34.4 Å². The lowest BCUT2D eigenvalue weighted by atomic mass is 9.98. The van der Waals surface area contributed by atoms with E-state index in [4.69, 9.17) is 9.32 Å². The first kappa shape index (κ1) is 28.5. The van der Waals surface area contributed by atoms with Gasteiger partial charge in [-0.1, -0.05) is 66.7 Å². The van der Waals surface area contributed by atoms with Crippen LogP contribution in [0, 0.1) is 0 Å². The molecule has 2 N–H and O–H groups in total. The molecule has 0 atom stereocenters. The van der Waals surface area contributed by atoms with Crippen LogP contribution in [-0.2, 0) is 10.3 Å². The van der Waals surface area contributed by atoms with E-state index < -0.39 is 17.6 Å². The first-order valence-electron chi connectivity index (χ1n) is 11.9. The first-order chi connectivity index (χ1) is 19.0. The zero-order valence-electron chi connectivity index (χ0n) is 20.9. The fourth-order valence-electron chi connectivity index (χ4n) is 4.10. The van der Waals surface area contributed by atoms with Crippen molar-refractivity contribution in [2.75, 3.05) is 0 Å². The highest BCUT2D eigenvalue weighted by atomic mass is 32.2. The van der Waals surface area contributed by atoms with Gasteiger partial charge in [-0.3, -0.25) is 0 Å². The normalized spacial score (nSPS) is 11.3. The van der Waals surface area contributed by atoms with Gasteiger partial charge in [-0.15, -0.1) is 0 Å². The Morgan fingerprint density at radius 3 is 1.32 bits per heavy atom. The zero-order valence-corrected chi connectivity index (χ0v) is 21.7. The van der Waals surface area contributed by atoms with Crippen molar-refractivity contribution in [3.8, 4) is 45.1 Å². The van der Waals surface area contributed by atoms with Gasteiger partial charge in [0.1, 0.15) is 5.75 Å². The van der Waals surface area contributed by atoms with Crippen LogP contribution in [0.1, 0.15) is 0 Å². The van der Waals surface area contributed by atoms with Gasteiger partial charge in [0.15, 0.2) is 0 Å². The summed E-state index contributed by atoms with van der Waals surface area (Å²) >= 11 is 0. The Labute approximate surface area is 229 Å². The highest BCUT2D eigenvalue weighted by Crippen LogP contribution is 2.30. The maximum absolute atomic E-state index is 11.4. The van der Waals surface area contributed by atoms with Gasteiger partial charge in [-0.25, -0.2) is 0 Å². The summed E-state index contributed by atoms with van der Waals surface area (Å²) in [6.45, 7) is 0. The molecule has 0 aliphatic rings. The highest BCUT2D eigenvalue weighted by Gasteiger charge is 2.25. The highest BCUT2D eigenvalue weighted by molar-refractivity contribution is 7.84. The van der Waals surface area contributed by atoms with Crippen LogP contribution in [0.4, 0.5) is 17.3 Å². The molecule has 11 heteroatoms. The van der Waals surface area contributed by atoms with E-state index in [0.717, 1.165) is 39.3 Å². The largest absolute Gasteiger partial charge is 0.673 e. The van der Waals surface area contributed by atoms with Gasteiger partial charge in [0.05, 0.1) is 0 Å². The minimum atomic E-state index is -6.00. The average molecular weight is 566 g/mol. The molecule has 0 spiro atoms. The van der Waals surface area contributed by atoms with E-state index in [1.165, 1.54) is 0 Å². The summed E-state index contributed by atoms with van der Waals surface area (Å²) < 4.78 is 68.7. The van der Waals surface area contributed by atoms with Crippen LogP contribution >= 0.6 is 0 Å². The van der Waals surface area contributed by atoms with E-state index in [-0.39, 0.29) is 5.75 Å². The molecule has 0 fully saturated rings. The lowest BCUT2D eigenvalue weighted by molar-refractivity contribution is -0.572. The van der Waals surface area contributed by atoms with Crippen molar-refractivity contribution in [1.29, 1.82) is 0 Å². The monoisotopic (exact) mass is 566 g/mol. The SMILES string of the molecule is F[B-](F)(F)F.NS(=O)(=O)Oc1ccc(-[n+]2c(-c3ccccc3)cc(-c3ccccc3)cc2-c2ccccc2)cc1. The standard InChI is InChI=1S/C29H23N2O3S.BF4/c30-35(32,33)34-27-18-16-26(17-19-27)31-28(23-12-6-2-7-13-23)20-25(22-10-4-1-5-11-22)21-29(31)24-14-8-3-9-15-24;2-1(3,4)5/h1-21H,(H2,30,32,33);/q+1;-1. The molecule has 0 radical (unpaired) electrons. The second-order valence-corrected chi connectivity index (χ2v) is 9.67. The summed E-state index contributed by atoms with van der Waals surface area (Å²) in [5.41, 5.74) is 7.14. The summed E-state index contributed by atoms with van der Waals surface area (Å²) in [5, 5.41) is 5.03. The van der Waals surface area contributed by atoms with Crippen LogP contribution in [0.3, 0.4) is 0 Å². The van der Waals surface area contributed by atoms with E-state index in [1.54, 1.807) is 12.1 Å². The van der Waals surface area contributed by atoms with Gasteiger partial charge < -0.3 is 21.4 Å². The second-order valence-electron chi connectivity index (χ2n) is 8.51. The Bertz CT molecular complexity index is 1600. The predicted octanol–water partition coefficient (Wildman–Crippen LogP) is 6.85. The molecule has 0 unspecified atom stereocenters. The minimum absolute atomic E-state index is 0.153. The van der Waals surface area contributed by atoms with E-state index in [2.05, 4.69) is 53.1 Å². The first-order valence-corrected chi connectivity index (χ1v) is 13.4. The van der Waals surface area contributed by atoms with E-state index in [1.807, 2.05) is 66.7 Å². The molecule has 5 rings (SSSR count). The predicted molar refractivity (Wildman–Crippen MR) is 148 cm³/mol. The Balaban J connectivity index is 0.000000681. The van der Waals surface area contributed by atoms with Crippen LogP contribution in [-0.4, -0.2) is 15.7 Å². The smallest absolute Gasteiger partial charge is 0.418 e. The maximum atomic E-state index is 11.4. The third-order valence-corrected chi connectivity index (χ3v) is 6.04. The quantitative estimate of drug-likeness (QED) is 0.139. The van der Waals surface area contributed by atoms with Crippen LogP contribution in [0.25, 0.3) is 39.3 Å². The fourth-order valence-corrected chi connectivity index (χ4v) is 4.48. The molecule has 0 saturated carbocycles. The zero-order chi connectivity index (χ0) is 28.8. The molecule has 40 heavy (non-hydrogen) atoms. The van der Waals surface area contributed by atoms with Gasteiger partial charge in [0, 0.05) is 35.4 Å². The lowest BCUT2D eigenvalue weighted by Gasteiger charge is -2.13. The average Bonchev–Trinajstić information content (AvgIpc) is 2.92. The van der Waals surface area contributed by atoms with Crippen LogP contribution < -0.4 is 13.9 Å². The third-order valence-electron chi connectivity index (χ3n) is 5.62. The molecule has 1 aromatic heterocycles. The van der Waals surface area contributed by atoms with Crippen molar-refractivity contribution in [3.05, 3.63) is 127 Å². The summed E-state index contributed by atoms with van der Waals surface area (Å²) in [6, 6.07) is 41.8. The molecule has 4 aromatic carbocycles. The molecule has 0 amide bonds. The number of hydrogen-bond donors (Lipinski definition) is 1. The number of rotatable bonds is 6. The molecular weight excluding hydrogens is 543 g/mol. The summed E-state index contributed by atoms with van der Waals surface area (Å²) in [6.07, 6.45) is 0. The Morgan fingerprint density at radius 2 is 0.950 bits per heavy atom. The molecular formula is C29H23BF4N2O3S. The molecule has 0 bridgehead atoms. The van der Waals surface area contributed by atoms with Crippen molar-refractivity contribution >= 4 is 17.6 Å². The fraction of sp³-hybridized carbons (Fsp3) is 0. The molecule has 5 nitrogen and oxygen atoms in total. The number of benzene rings is 4. The molecule has 0 aliphatic heterocycles. The summed E-state index contributed by atoms with van der Waals surface area (Å²) in [4.78, 5) is 0. The third kappa shape index (κ3) is 8.01. The van der Waals surface area contributed by atoms with E-state index in [0.29, 0.717) is 0 Å². The maximum Gasteiger partial charge on any atom is 0.673 e. The van der Waals surface area contributed by atoms with Gasteiger partial charge >= 0.3 is 17.6 Å². The molecule has 0 saturated heterocycles. The number of aromatic nitrogens is 1. The van der Waals surface area contributed by atoms with Gasteiger partial charge in [-0.2, -0.15) is 18.1 Å². The number of nitrogens with two attached hydrogens (primary N) is 1. The minimum Gasteiger partial charge on any atom is -0.418 e. The van der Waals surface area contributed by atoms with Crippen LogP contribution in [0.5, 0.6) is 5.75 Å². The Kier molecular flexibility index (Phi) is 8.66. The van der Waals surface area contributed by atoms with E-state index in [9.17, 15) is 25.7 Å². The number of pyridine rings is 1. The molecule has 5 aromatic rings. The van der Waals surface area contributed by atoms with Crippen molar-refractivity contribution in [1.82, 2.24) is 0 Å². The number of hydrogen-bond acceptors (Lipinski definition) is 3. The van der Waals surface area contributed by atoms with Crippen molar-refractivity contribution in [2.24, 2.45) is 5.14 Å². The molecule has 1 heterocycles. The van der Waals surface area contributed by atoms with Crippen molar-refractivity contribution in [3.63, 3.8) is 0 Å². The number of halogens is 4. The Hall–Kier alpha value is -4.48. The summed E-state index contributed by atoms with van der Waals surface area (Å²) in [7, 11) is -10.1. The number of nitrogens with zero attached hydrogens (tertiary/aromatic N) is 1. The molecule has 0 aliphatic carbocycles. The van der Waals surface area contributed by atoms with Crippen LogP contribution in [0.15, 0.2) is 127 Å². The van der Waals surface area contributed by atoms with Gasteiger partial charge in [0.25, 0.3) is 0 Å². The Morgan fingerprint density at radius 1 is 0.575 bits per heavy atom.